The molecule has 2 aliphatic rings. The van der Waals surface area contributed by atoms with Gasteiger partial charge in [0.25, 0.3) is 5.91 Å². The Morgan fingerprint density at radius 3 is 2.65 bits per heavy atom. The van der Waals surface area contributed by atoms with Crippen LogP contribution in [0.1, 0.15) is 41.6 Å². The van der Waals surface area contributed by atoms with E-state index in [0.717, 1.165) is 24.2 Å². The number of benzene rings is 2. The lowest BCUT2D eigenvalue weighted by Crippen LogP contribution is -2.17. The maximum Gasteiger partial charge on any atom is 0.271 e. The molecule has 1 heterocycles. The van der Waals surface area contributed by atoms with E-state index < -0.39 is 0 Å². The summed E-state index contributed by atoms with van der Waals surface area (Å²) >= 11 is 0. The van der Waals surface area contributed by atoms with Crippen LogP contribution in [-0.2, 0) is 0 Å². The summed E-state index contributed by atoms with van der Waals surface area (Å²) in [5.41, 5.74) is 3.87. The van der Waals surface area contributed by atoms with Crippen LogP contribution >= 0.6 is 0 Å². The summed E-state index contributed by atoms with van der Waals surface area (Å²) in [6, 6.07) is 12.6. The first-order valence-electron chi connectivity index (χ1n) is 8.78. The molecule has 134 valence electrons. The van der Waals surface area contributed by atoms with E-state index >= 15 is 0 Å². The predicted octanol–water partition coefficient (Wildman–Crippen LogP) is 3.50. The number of nitrogens with one attached hydrogen (secondary N) is 1. The Kier molecular flexibility index (Phi) is 4.73. The molecule has 0 saturated heterocycles. The number of hydrogen-bond acceptors (Lipinski definition) is 5. The third-order valence-corrected chi connectivity index (χ3v) is 4.50. The Labute approximate surface area is 151 Å². The van der Waals surface area contributed by atoms with Crippen molar-refractivity contribution in [3.8, 4) is 17.2 Å². The third kappa shape index (κ3) is 3.79. The molecule has 1 aliphatic carbocycles. The highest BCUT2D eigenvalue weighted by atomic mass is 16.7. The summed E-state index contributed by atoms with van der Waals surface area (Å²) in [6.07, 6.45) is 6.55. The van der Waals surface area contributed by atoms with Crippen molar-refractivity contribution in [3.05, 3.63) is 53.6 Å². The molecule has 0 spiro atoms. The first-order chi connectivity index (χ1) is 12.8. The van der Waals surface area contributed by atoms with Gasteiger partial charge in [0.2, 0.25) is 6.79 Å². The molecular formula is C20H20N2O4. The van der Waals surface area contributed by atoms with Gasteiger partial charge in [0, 0.05) is 5.56 Å². The molecule has 0 bridgehead atoms. The molecule has 0 aromatic heterocycles. The third-order valence-electron chi connectivity index (χ3n) is 4.50. The second-order valence-corrected chi connectivity index (χ2v) is 6.36. The fourth-order valence-corrected chi connectivity index (χ4v) is 3.11. The molecule has 1 aliphatic heterocycles. The number of nitrogens with zero attached hydrogens (tertiary/aromatic N) is 1. The lowest BCUT2D eigenvalue weighted by Gasteiger charge is -2.12. The van der Waals surface area contributed by atoms with Gasteiger partial charge in [-0.15, -0.1) is 0 Å². The van der Waals surface area contributed by atoms with Gasteiger partial charge in [-0.3, -0.25) is 4.79 Å². The molecule has 6 heteroatoms. The van der Waals surface area contributed by atoms with E-state index in [2.05, 4.69) is 10.5 Å². The van der Waals surface area contributed by atoms with Gasteiger partial charge in [0.1, 0.15) is 5.75 Å². The highest BCUT2D eigenvalue weighted by Crippen LogP contribution is 2.32. The van der Waals surface area contributed by atoms with E-state index in [9.17, 15) is 4.79 Å². The SMILES string of the molecule is O=C(N/N=C/c1ccc2c(c1)OCO2)c1ccc(OC2CCCC2)cc1. The smallest absolute Gasteiger partial charge is 0.271 e. The number of carbonyl (C=O) groups excluding carboxylic acids is 1. The van der Waals surface area contributed by atoms with Crippen LogP contribution in [0.5, 0.6) is 17.2 Å². The maximum atomic E-state index is 12.2. The van der Waals surface area contributed by atoms with Crippen LogP contribution in [0.25, 0.3) is 0 Å². The number of hydrazone groups is 1. The summed E-state index contributed by atoms with van der Waals surface area (Å²) in [5.74, 6) is 1.93. The molecule has 4 rings (SSSR count). The van der Waals surface area contributed by atoms with Crippen LogP contribution in [0.15, 0.2) is 47.6 Å². The van der Waals surface area contributed by atoms with Crippen LogP contribution in [0, 0.1) is 0 Å². The summed E-state index contributed by atoms with van der Waals surface area (Å²) < 4.78 is 16.5. The topological polar surface area (TPSA) is 69.2 Å². The van der Waals surface area contributed by atoms with Gasteiger partial charge >= 0.3 is 0 Å². The van der Waals surface area contributed by atoms with Gasteiger partial charge in [-0.1, -0.05) is 0 Å². The van der Waals surface area contributed by atoms with E-state index in [0.29, 0.717) is 23.2 Å². The minimum atomic E-state index is -0.269. The highest BCUT2D eigenvalue weighted by Gasteiger charge is 2.16. The lowest BCUT2D eigenvalue weighted by molar-refractivity contribution is 0.0955. The molecule has 0 atom stereocenters. The van der Waals surface area contributed by atoms with Crippen molar-refractivity contribution in [3.63, 3.8) is 0 Å². The van der Waals surface area contributed by atoms with Gasteiger partial charge in [-0.25, -0.2) is 5.43 Å². The van der Waals surface area contributed by atoms with Gasteiger partial charge in [0.15, 0.2) is 11.5 Å². The lowest BCUT2D eigenvalue weighted by atomic mass is 10.2. The van der Waals surface area contributed by atoms with Crippen LogP contribution in [0.4, 0.5) is 0 Å². The second-order valence-electron chi connectivity index (χ2n) is 6.36. The zero-order valence-corrected chi connectivity index (χ0v) is 14.3. The van der Waals surface area contributed by atoms with E-state index in [4.69, 9.17) is 14.2 Å². The highest BCUT2D eigenvalue weighted by molar-refractivity contribution is 5.95. The van der Waals surface area contributed by atoms with Gasteiger partial charge in [-0.2, -0.15) is 5.10 Å². The fraction of sp³-hybridized carbons (Fsp3) is 0.300. The molecular weight excluding hydrogens is 332 g/mol. The summed E-state index contributed by atoms with van der Waals surface area (Å²) in [6.45, 7) is 0.229. The number of carbonyl (C=O) groups is 1. The van der Waals surface area contributed by atoms with E-state index in [1.54, 1.807) is 18.3 Å². The molecule has 1 N–H and O–H groups in total. The standard InChI is InChI=1S/C20H20N2O4/c23-20(15-6-8-17(9-7-15)26-16-3-1-2-4-16)22-21-12-14-5-10-18-19(11-14)25-13-24-18/h5-12,16H,1-4,13H2,(H,22,23)/b21-12+. The Morgan fingerprint density at radius 1 is 1.08 bits per heavy atom. The Balaban J connectivity index is 1.32. The summed E-state index contributed by atoms with van der Waals surface area (Å²) in [5, 5.41) is 4.00. The summed E-state index contributed by atoms with van der Waals surface area (Å²) in [4.78, 5) is 12.2. The van der Waals surface area contributed by atoms with Crippen molar-refractivity contribution in [2.75, 3.05) is 6.79 Å². The van der Waals surface area contributed by atoms with Gasteiger partial charge in [0.05, 0.1) is 12.3 Å². The zero-order chi connectivity index (χ0) is 17.8. The first-order valence-corrected chi connectivity index (χ1v) is 8.78. The van der Waals surface area contributed by atoms with Crippen molar-refractivity contribution >= 4 is 12.1 Å². The van der Waals surface area contributed by atoms with E-state index in [1.807, 2.05) is 30.3 Å². The number of hydrogen-bond donors (Lipinski definition) is 1. The average Bonchev–Trinajstić information content (AvgIpc) is 3.33. The molecule has 2 aromatic rings. The Morgan fingerprint density at radius 2 is 1.85 bits per heavy atom. The first kappa shape index (κ1) is 16.4. The quantitative estimate of drug-likeness (QED) is 0.660. The molecule has 1 saturated carbocycles. The zero-order valence-electron chi connectivity index (χ0n) is 14.3. The molecule has 1 amide bonds. The van der Waals surface area contributed by atoms with E-state index in [1.165, 1.54) is 12.8 Å². The number of fused-ring (bicyclic) bond motifs is 1. The Bertz CT molecular complexity index is 811. The Hall–Kier alpha value is -3.02. The monoisotopic (exact) mass is 352 g/mol. The predicted molar refractivity (Wildman–Crippen MR) is 97.0 cm³/mol. The number of amides is 1. The van der Waals surface area contributed by atoms with Crippen molar-refractivity contribution in [2.24, 2.45) is 5.10 Å². The molecule has 26 heavy (non-hydrogen) atoms. The van der Waals surface area contributed by atoms with Gasteiger partial charge < -0.3 is 14.2 Å². The fourth-order valence-electron chi connectivity index (χ4n) is 3.11. The van der Waals surface area contributed by atoms with Crippen LogP contribution in [0.2, 0.25) is 0 Å². The van der Waals surface area contributed by atoms with Crippen molar-refractivity contribution in [1.82, 2.24) is 5.43 Å². The molecule has 6 nitrogen and oxygen atoms in total. The maximum absolute atomic E-state index is 12.2. The minimum absolute atomic E-state index is 0.229. The van der Waals surface area contributed by atoms with E-state index in [-0.39, 0.29) is 12.7 Å². The molecule has 2 aromatic carbocycles. The number of rotatable bonds is 5. The minimum Gasteiger partial charge on any atom is -0.490 e. The van der Waals surface area contributed by atoms with Crippen molar-refractivity contribution in [2.45, 2.75) is 31.8 Å². The van der Waals surface area contributed by atoms with Crippen LogP contribution in [0.3, 0.4) is 0 Å². The normalized spacial score (nSPS) is 16.2. The largest absolute Gasteiger partial charge is 0.490 e. The molecule has 0 unspecified atom stereocenters. The molecule has 1 fully saturated rings. The van der Waals surface area contributed by atoms with Crippen molar-refractivity contribution < 1.29 is 19.0 Å². The van der Waals surface area contributed by atoms with Crippen molar-refractivity contribution in [1.29, 1.82) is 0 Å². The van der Waals surface area contributed by atoms with Crippen LogP contribution < -0.4 is 19.6 Å². The average molecular weight is 352 g/mol. The van der Waals surface area contributed by atoms with Gasteiger partial charge in [-0.05, 0) is 73.7 Å². The second kappa shape index (κ2) is 7.47. The molecule has 0 radical (unpaired) electrons. The summed E-state index contributed by atoms with van der Waals surface area (Å²) in [7, 11) is 0. The van der Waals surface area contributed by atoms with Crippen LogP contribution in [-0.4, -0.2) is 25.0 Å². The number of ether oxygens (including phenoxy) is 3.